The molecule has 4 rings (SSSR count). The van der Waals surface area contributed by atoms with Crippen molar-refractivity contribution in [1.29, 1.82) is 0 Å². The highest BCUT2D eigenvalue weighted by Gasteiger charge is 2.45. The van der Waals surface area contributed by atoms with Crippen LogP contribution in [0.4, 0.5) is 0 Å². The summed E-state index contributed by atoms with van der Waals surface area (Å²) >= 11 is 0. The normalized spacial score (nSPS) is 25.2. The first-order valence-corrected chi connectivity index (χ1v) is 9.79. The molecule has 0 aliphatic carbocycles. The van der Waals surface area contributed by atoms with Crippen LogP contribution in [-0.4, -0.2) is 78.9 Å². The number of imide groups is 2. The Labute approximate surface area is 168 Å². The van der Waals surface area contributed by atoms with E-state index in [1.54, 1.807) is 12.1 Å². The molecule has 0 spiro atoms. The summed E-state index contributed by atoms with van der Waals surface area (Å²) in [5.41, 5.74) is 1.39. The lowest BCUT2D eigenvalue weighted by molar-refractivity contribution is -0.136. The maximum atomic E-state index is 13.2. The van der Waals surface area contributed by atoms with Gasteiger partial charge in [-0.2, -0.15) is 0 Å². The van der Waals surface area contributed by atoms with Crippen LogP contribution in [0, 0.1) is 0 Å². The van der Waals surface area contributed by atoms with Crippen molar-refractivity contribution < 1.29 is 23.9 Å². The van der Waals surface area contributed by atoms with Crippen LogP contribution in [0.15, 0.2) is 18.2 Å². The third kappa shape index (κ3) is 3.68. The standard InChI is InChI=1S/C20H24N4O5/c1-23(13-9-21-7-8-29-11-13)10-12-3-2-4-14-17(12)20(28)24(19(14)27)15-5-6-16(25)22-18(15)26/h2-4,13,15,21H,5-11H2,1H3,(H,22,25,26). The zero-order valence-corrected chi connectivity index (χ0v) is 16.3. The van der Waals surface area contributed by atoms with Crippen LogP contribution >= 0.6 is 0 Å². The Kier molecular flexibility index (Phi) is 5.44. The average Bonchev–Trinajstić information content (AvgIpc) is 2.87. The van der Waals surface area contributed by atoms with E-state index in [0.717, 1.165) is 23.6 Å². The summed E-state index contributed by atoms with van der Waals surface area (Å²) < 4.78 is 5.61. The van der Waals surface area contributed by atoms with Crippen LogP contribution in [0.5, 0.6) is 0 Å². The minimum Gasteiger partial charge on any atom is -0.378 e. The first-order chi connectivity index (χ1) is 14.0. The number of hydrogen-bond acceptors (Lipinski definition) is 7. The summed E-state index contributed by atoms with van der Waals surface area (Å²) in [7, 11) is 1.96. The molecule has 0 radical (unpaired) electrons. The average molecular weight is 400 g/mol. The molecule has 154 valence electrons. The van der Waals surface area contributed by atoms with Crippen LogP contribution in [-0.2, 0) is 20.9 Å². The van der Waals surface area contributed by atoms with Gasteiger partial charge >= 0.3 is 0 Å². The van der Waals surface area contributed by atoms with E-state index in [1.807, 2.05) is 13.1 Å². The van der Waals surface area contributed by atoms with E-state index in [4.69, 9.17) is 4.74 Å². The van der Waals surface area contributed by atoms with E-state index >= 15 is 0 Å². The van der Waals surface area contributed by atoms with Crippen LogP contribution in [0.2, 0.25) is 0 Å². The summed E-state index contributed by atoms with van der Waals surface area (Å²) in [4.78, 5) is 52.8. The first kappa shape index (κ1) is 19.7. The fourth-order valence-corrected chi connectivity index (χ4v) is 4.09. The smallest absolute Gasteiger partial charge is 0.262 e. The molecule has 2 N–H and O–H groups in total. The van der Waals surface area contributed by atoms with Crippen molar-refractivity contribution >= 4 is 23.6 Å². The lowest BCUT2D eigenvalue weighted by Gasteiger charge is -2.28. The quantitative estimate of drug-likeness (QED) is 0.657. The minimum absolute atomic E-state index is 0.105. The summed E-state index contributed by atoms with van der Waals surface area (Å²) in [6.45, 7) is 3.31. The van der Waals surface area contributed by atoms with Gasteiger partial charge in [0.05, 0.1) is 24.3 Å². The second kappa shape index (κ2) is 8.02. The molecule has 3 aliphatic heterocycles. The number of carbonyl (C=O) groups excluding carboxylic acids is 4. The van der Waals surface area contributed by atoms with Crippen LogP contribution in [0.1, 0.15) is 39.1 Å². The topological polar surface area (TPSA) is 108 Å². The lowest BCUT2D eigenvalue weighted by Crippen LogP contribution is -2.54. The number of likely N-dealkylation sites (N-methyl/N-ethyl adjacent to an activating group) is 1. The predicted molar refractivity (Wildman–Crippen MR) is 102 cm³/mol. The molecule has 9 nitrogen and oxygen atoms in total. The number of nitrogens with one attached hydrogen (secondary N) is 2. The molecule has 1 aromatic carbocycles. The van der Waals surface area contributed by atoms with E-state index in [2.05, 4.69) is 15.5 Å². The highest BCUT2D eigenvalue weighted by molar-refractivity contribution is 6.24. The predicted octanol–water partition coefficient (Wildman–Crippen LogP) is -0.492. The third-order valence-electron chi connectivity index (χ3n) is 5.71. The molecule has 0 bridgehead atoms. The van der Waals surface area contributed by atoms with Crippen LogP contribution in [0.25, 0.3) is 0 Å². The van der Waals surface area contributed by atoms with Crippen molar-refractivity contribution in [2.75, 3.05) is 33.4 Å². The van der Waals surface area contributed by atoms with Crippen molar-refractivity contribution in [1.82, 2.24) is 20.4 Å². The van der Waals surface area contributed by atoms with Gasteiger partial charge in [-0.05, 0) is 25.1 Å². The van der Waals surface area contributed by atoms with E-state index in [1.165, 1.54) is 0 Å². The van der Waals surface area contributed by atoms with E-state index in [-0.39, 0.29) is 24.8 Å². The van der Waals surface area contributed by atoms with Gasteiger partial charge in [0.15, 0.2) is 0 Å². The highest BCUT2D eigenvalue weighted by atomic mass is 16.5. The van der Waals surface area contributed by atoms with Gasteiger partial charge in [-0.1, -0.05) is 12.1 Å². The molecule has 2 atom stereocenters. The van der Waals surface area contributed by atoms with Gasteiger partial charge < -0.3 is 10.1 Å². The zero-order chi connectivity index (χ0) is 20.5. The molecule has 29 heavy (non-hydrogen) atoms. The monoisotopic (exact) mass is 400 g/mol. The molecular formula is C20H24N4O5. The summed E-state index contributed by atoms with van der Waals surface area (Å²) in [6.07, 6.45) is 0.255. The second-order valence-electron chi connectivity index (χ2n) is 7.63. The number of fused-ring (bicyclic) bond motifs is 1. The van der Waals surface area contributed by atoms with Gasteiger partial charge in [-0.25, -0.2) is 0 Å². The number of rotatable bonds is 4. The van der Waals surface area contributed by atoms with Gasteiger partial charge in [0.25, 0.3) is 11.8 Å². The first-order valence-electron chi connectivity index (χ1n) is 9.79. The largest absolute Gasteiger partial charge is 0.378 e. The maximum Gasteiger partial charge on any atom is 0.262 e. The molecule has 0 saturated carbocycles. The highest BCUT2D eigenvalue weighted by Crippen LogP contribution is 2.30. The van der Waals surface area contributed by atoms with Crippen molar-refractivity contribution in [3.63, 3.8) is 0 Å². The third-order valence-corrected chi connectivity index (χ3v) is 5.71. The summed E-state index contributed by atoms with van der Waals surface area (Å²) in [5.74, 6) is -1.94. The molecule has 4 amide bonds. The molecule has 0 aromatic heterocycles. The Morgan fingerprint density at radius 2 is 2.03 bits per heavy atom. The fraction of sp³-hybridized carbons (Fsp3) is 0.500. The minimum atomic E-state index is -0.954. The molecule has 3 aliphatic rings. The van der Waals surface area contributed by atoms with Gasteiger partial charge in [0.1, 0.15) is 6.04 Å². The van der Waals surface area contributed by atoms with Gasteiger partial charge in [0, 0.05) is 32.1 Å². The van der Waals surface area contributed by atoms with E-state index in [9.17, 15) is 19.2 Å². The van der Waals surface area contributed by atoms with Crippen molar-refractivity contribution in [3.8, 4) is 0 Å². The molecule has 3 heterocycles. The Bertz CT molecular complexity index is 862. The van der Waals surface area contributed by atoms with E-state index < -0.39 is 23.8 Å². The Morgan fingerprint density at radius 3 is 2.83 bits per heavy atom. The molecule has 2 fully saturated rings. The zero-order valence-electron chi connectivity index (χ0n) is 16.3. The molecule has 2 unspecified atom stereocenters. The van der Waals surface area contributed by atoms with Crippen LogP contribution < -0.4 is 10.6 Å². The van der Waals surface area contributed by atoms with Crippen molar-refractivity contribution in [2.24, 2.45) is 0 Å². The number of carbonyl (C=O) groups is 4. The summed E-state index contributed by atoms with van der Waals surface area (Å²) in [6, 6.07) is 4.39. The Hall–Kier alpha value is -2.62. The molecule has 1 aromatic rings. The SMILES string of the molecule is CN(Cc1cccc2c1C(=O)N(C1CCC(=O)NC1=O)C2=O)C1CNCCOC1. The number of benzene rings is 1. The van der Waals surface area contributed by atoms with Gasteiger partial charge in [-0.3, -0.25) is 34.3 Å². The van der Waals surface area contributed by atoms with Crippen molar-refractivity contribution in [3.05, 3.63) is 34.9 Å². The Balaban J connectivity index is 1.57. The van der Waals surface area contributed by atoms with Gasteiger partial charge in [0.2, 0.25) is 11.8 Å². The Morgan fingerprint density at radius 1 is 1.21 bits per heavy atom. The summed E-state index contributed by atoms with van der Waals surface area (Å²) in [5, 5.41) is 5.54. The number of amides is 4. The van der Waals surface area contributed by atoms with Crippen LogP contribution in [0.3, 0.4) is 0 Å². The van der Waals surface area contributed by atoms with Gasteiger partial charge in [-0.15, -0.1) is 0 Å². The molecule has 2 saturated heterocycles. The van der Waals surface area contributed by atoms with E-state index in [0.29, 0.717) is 30.9 Å². The fourth-order valence-electron chi connectivity index (χ4n) is 4.09. The number of nitrogens with zero attached hydrogens (tertiary/aromatic N) is 2. The molecule has 9 heteroatoms. The molecular weight excluding hydrogens is 376 g/mol. The number of ether oxygens (including phenoxy) is 1. The number of piperidine rings is 1. The maximum absolute atomic E-state index is 13.2. The second-order valence-corrected chi connectivity index (χ2v) is 7.63. The van der Waals surface area contributed by atoms with Crippen molar-refractivity contribution in [2.45, 2.75) is 31.5 Å². The lowest BCUT2D eigenvalue weighted by atomic mass is 10.0. The number of hydrogen-bond donors (Lipinski definition) is 2.